The first-order chi connectivity index (χ1) is 6.83. The molecule has 0 spiro atoms. The predicted octanol–water partition coefficient (Wildman–Crippen LogP) is 1.12. The molecule has 2 rings (SSSR count). The summed E-state index contributed by atoms with van der Waals surface area (Å²) in [6.45, 7) is 9.85. The Morgan fingerprint density at radius 1 is 1.53 bits per heavy atom. The molecule has 2 fully saturated rings. The van der Waals surface area contributed by atoms with Gasteiger partial charge in [0.2, 0.25) is 0 Å². The molecular formula is C11H20N2O2. The van der Waals surface area contributed by atoms with Crippen molar-refractivity contribution in [3.05, 3.63) is 0 Å². The van der Waals surface area contributed by atoms with Gasteiger partial charge in [-0.2, -0.15) is 0 Å². The Labute approximate surface area is 90.8 Å². The van der Waals surface area contributed by atoms with Crippen molar-refractivity contribution in [3.63, 3.8) is 0 Å². The molecule has 0 aromatic carbocycles. The maximum atomic E-state index is 11.5. The fraction of sp³-hybridized carbons (Fsp3) is 0.909. The number of carbonyl (C=O) groups is 1. The SMILES string of the molecule is CC(C)(C)OC(=O)NC1C2CNCC21C. The van der Waals surface area contributed by atoms with Crippen LogP contribution in [0.5, 0.6) is 0 Å². The molecular weight excluding hydrogens is 192 g/mol. The maximum absolute atomic E-state index is 11.5. The molecule has 2 N–H and O–H groups in total. The van der Waals surface area contributed by atoms with Gasteiger partial charge in [-0.1, -0.05) is 6.92 Å². The average Bonchev–Trinajstić information content (AvgIpc) is 2.45. The second-order valence-electron chi connectivity index (χ2n) is 5.87. The standard InChI is InChI=1S/C11H20N2O2/c1-10(2,3)15-9(14)13-8-7-5-12-6-11(7,8)4/h7-8,12H,5-6H2,1-4H3,(H,13,14). The van der Waals surface area contributed by atoms with E-state index in [0.717, 1.165) is 13.1 Å². The third-order valence-electron chi connectivity index (χ3n) is 3.39. The van der Waals surface area contributed by atoms with E-state index in [9.17, 15) is 4.79 Å². The van der Waals surface area contributed by atoms with E-state index >= 15 is 0 Å². The monoisotopic (exact) mass is 212 g/mol. The highest BCUT2D eigenvalue weighted by atomic mass is 16.6. The van der Waals surface area contributed by atoms with Gasteiger partial charge in [-0.05, 0) is 20.8 Å². The molecule has 1 aliphatic heterocycles. The second kappa shape index (κ2) is 3.11. The third kappa shape index (κ3) is 1.95. The van der Waals surface area contributed by atoms with Gasteiger partial charge in [0, 0.05) is 30.5 Å². The molecule has 1 saturated heterocycles. The minimum atomic E-state index is -0.409. The number of hydrogen-bond acceptors (Lipinski definition) is 3. The number of piperidine rings is 1. The first-order valence-corrected chi connectivity index (χ1v) is 5.53. The molecule has 1 heterocycles. The van der Waals surface area contributed by atoms with Crippen LogP contribution >= 0.6 is 0 Å². The summed E-state index contributed by atoms with van der Waals surface area (Å²) in [6.07, 6.45) is -0.289. The van der Waals surface area contributed by atoms with Gasteiger partial charge in [0.15, 0.2) is 0 Å². The van der Waals surface area contributed by atoms with E-state index in [1.54, 1.807) is 0 Å². The van der Waals surface area contributed by atoms with E-state index in [-0.39, 0.29) is 11.5 Å². The van der Waals surface area contributed by atoms with Gasteiger partial charge >= 0.3 is 6.09 Å². The summed E-state index contributed by atoms with van der Waals surface area (Å²) in [7, 11) is 0. The highest BCUT2D eigenvalue weighted by molar-refractivity contribution is 5.69. The fourth-order valence-corrected chi connectivity index (χ4v) is 2.45. The van der Waals surface area contributed by atoms with Crippen LogP contribution in [-0.2, 0) is 4.74 Å². The van der Waals surface area contributed by atoms with E-state index in [1.807, 2.05) is 20.8 Å². The first kappa shape index (κ1) is 10.7. The summed E-state index contributed by atoms with van der Waals surface area (Å²) in [5.74, 6) is 0.588. The van der Waals surface area contributed by atoms with Crippen LogP contribution in [0.25, 0.3) is 0 Å². The van der Waals surface area contributed by atoms with Crippen LogP contribution in [0.4, 0.5) is 4.79 Å². The van der Waals surface area contributed by atoms with Gasteiger partial charge in [0.1, 0.15) is 5.60 Å². The Morgan fingerprint density at radius 3 is 2.67 bits per heavy atom. The second-order valence-corrected chi connectivity index (χ2v) is 5.87. The van der Waals surface area contributed by atoms with Gasteiger partial charge in [-0.25, -0.2) is 4.79 Å². The lowest BCUT2D eigenvalue weighted by Crippen LogP contribution is -2.38. The van der Waals surface area contributed by atoms with Crippen LogP contribution < -0.4 is 10.6 Å². The van der Waals surface area contributed by atoms with Gasteiger partial charge < -0.3 is 15.4 Å². The largest absolute Gasteiger partial charge is 0.444 e. The minimum Gasteiger partial charge on any atom is -0.444 e. The van der Waals surface area contributed by atoms with Crippen LogP contribution in [0.1, 0.15) is 27.7 Å². The predicted molar refractivity (Wildman–Crippen MR) is 57.6 cm³/mol. The number of hydrogen-bond donors (Lipinski definition) is 2. The summed E-state index contributed by atoms with van der Waals surface area (Å²) < 4.78 is 5.23. The molecule has 86 valence electrons. The molecule has 2 aliphatic rings. The fourth-order valence-electron chi connectivity index (χ4n) is 2.45. The molecule has 15 heavy (non-hydrogen) atoms. The van der Waals surface area contributed by atoms with E-state index in [1.165, 1.54) is 0 Å². The van der Waals surface area contributed by atoms with E-state index in [0.29, 0.717) is 12.0 Å². The zero-order valence-electron chi connectivity index (χ0n) is 9.89. The topological polar surface area (TPSA) is 50.4 Å². The van der Waals surface area contributed by atoms with Gasteiger partial charge in [0.25, 0.3) is 0 Å². The highest BCUT2D eigenvalue weighted by Gasteiger charge is 2.64. The lowest BCUT2D eigenvalue weighted by molar-refractivity contribution is 0.0514. The minimum absolute atomic E-state index is 0.261. The van der Waals surface area contributed by atoms with Crippen molar-refractivity contribution in [3.8, 4) is 0 Å². The molecule has 1 amide bonds. The van der Waals surface area contributed by atoms with Crippen LogP contribution in [0, 0.1) is 11.3 Å². The first-order valence-electron chi connectivity index (χ1n) is 5.53. The molecule has 3 atom stereocenters. The van der Waals surface area contributed by atoms with Crippen LogP contribution in [-0.4, -0.2) is 30.8 Å². The smallest absolute Gasteiger partial charge is 0.407 e. The molecule has 3 unspecified atom stereocenters. The molecule has 0 aromatic rings. The molecule has 1 aliphatic carbocycles. The van der Waals surface area contributed by atoms with Crippen molar-refractivity contribution in [2.24, 2.45) is 11.3 Å². The summed E-state index contributed by atoms with van der Waals surface area (Å²) in [5, 5.41) is 6.27. The van der Waals surface area contributed by atoms with E-state index < -0.39 is 5.60 Å². The zero-order chi connectivity index (χ0) is 11.3. The Hall–Kier alpha value is -0.770. The molecule has 0 bridgehead atoms. The van der Waals surface area contributed by atoms with Crippen molar-refractivity contribution in [2.45, 2.75) is 39.3 Å². The molecule has 0 radical (unpaired) electrons. The lowest BCUT2D eigenvalue weighted by atomic mass is 10.1. The summed E-state index contributed by atoms with van der Waals surface area (Å²) in [6, 6.07) is 0.300. The van der Waals surface area contributed by atoms with Gasteiger partial charge in [-0.15, -0.1) is 0 Å². The van der Waals surface area contributed by atoms with Crippen molar-refractivity contribution >= 4 is 6.09 Å². The molecule has 0 aromatic heterocycles. The van der Waals surface area contributed by atoms with E-state index in [2.05, 4.69) is 17.6 Å². The quantitative estimate of drug-likeness (QED) is 0.685. The summed E-state index contributed by atoms with van der Waals surface area (Å²) in [5.41, 5.74) is -0.149. The number of fused-ring (bicyclic) bond motifs is 1. The summed E-state index contributed by atoms with van der Waals surface area (Å²) >= 11 is 0. The van der Waals surface area contributed by atoms with Crippen LogP contribution in [0.2, 0.25) is 0 Å². The van der Waals surface area contributed by atoms with Gasteiger partial charge in [-0.3, -0.25) is 0 Å². The normalized spacial score (nSPS) is 38.4. The maximum Gasteiger partial charge on any atom is 0.407 e. The molecule has 4 nitrogen and oxygen atoms in total. The molecule has 1 saturated carbocycles. The Bertz CT molecular complexity index is 285. The number of rotatable bonds is 1. The third-order valence-corrected chi connectivity index (χ3v) is 3.39. The van der Waals surface area contributed by atoms with E-state index in [4.69, 9.17) is 4.74 Å². The average molecular weight is 212 g/mol. The highest BCUT2D eigenvalue weighted by Crippen LogP contribution is 2.54. The Morgan fingerprint density at radius 2 is 2.20 bits per heavy atom. The number of nitrogens with one attached hydrogen (secondary N) is 2. The molecule has 4 heteroatoms. The number of ether oxygens (including phenoxy) is 1. The van der Waals surface area contributed by atoms with Gasteiger partial charge in [0.05, 0.1) is 0 Å². The van der Waals surface area contributed by atoms with Crippen molar-refractivity contribution in [2.75, 3.05) is 13.1 Å². The van der Waals surface area contributed by atoms with Crippen molar-refractivity contribution < 1.29 is 9.53 Å². The van der Waals surface area contributed by atoms with Crippen LogP contribution in [0.15, 0.2) is 0 Å². The van der Waals surface area contributed by atoms with Crippen LogP contribution in [0.3, 0.4) is 0 Å². The van der Waals surface area contributed by atoms with Crippen molar-refractivity contribution in [1.29, 1.82) is 0 Å². The number of carbonyl (C=O) groups excluding carboxylic acids is 1. The number of alkyl carbamates (subject to hydrolysis) is 1. The number of amides is 1. The van der Waals surface area contributed by atoms with Crippen molar-refractivity contribution in [1.82, 2.24) is 10.6 Å². The zero-order valence-corrected chi connectivity index (χ0v) is 9.89. The lowest BCUT2D eigenvalue weighted by Gasteiger charge is -2.20. The summed E-state index contributed by atoms with van der Waals surface area (Å²) in [4.78, 5) is 11.5. The Balaban J connectivity index is 1.82. The Kier molecular flexibility index (Phi) is 2.23.